The van der Waals surface area contributed by atoms with Gasteiger partial charge in [0.2, 0.25) is 11.8 Å². The number of hydrogen-bond donors (Lipinski definition) is 1. The van der Waals surface area contributed by atoms with E-state index in [0.29, 0.717) is 23.5 Å². The van der Waals surface area contributed by atoms with E-state index in [1.165, 1.54) is 11.0 Å². The van der Waals surface area contributed by atoms with Crippen molar-refractivity contribution in [1.29, 1.82) is 0 Å². The second-order valence-electron chi connectivity index (χ2n) is 7.26. The van der Waals surface area contributed by atoms with Crippen LogP contribution in [0.1, 0.15) is 18.4 Å². The third-order valence-electron chi connectivity index (χ3n) is 4.89. The lowest BCUT2D eigenvalue weighted by molar-refractivity contribution is -0.134. The van der Waals surface area contributed by atoms with Crippen LogP contribution in [0.5, 0.6) is 5.75 Å². The third-order valence-corrected chi connectivity index (χ3v) is 4.89. The summed E-state index contributed by atoms with van der Waals surface area (Å²) in [6.07, 6.45) is 2.00. The van der Waals surface area contributed by atoms with Gasteiger partial charge in [-0.05, 0) is 31.0 Å². The van der Waals surface area contributed by atoms with Crippen LogP contribution in [0, 0.1) is 5.82 Å². The van der Waals surface area contributed by atoms with Crippen molar-refractivity contribution in [2.45, 2.75) is 25.4 Å². The number of methoxy groups -OCH3 is 1. The standard InChI is InChI=1S/C22H26FN3O3/c1-25(14-21(27)24-17-7-5-8-19(12-17)29-2)22(28)15-26(18-10-11-18)13-16-6-3-4-9-20(16)23/h3-9,12,18H,10-11,13-15H2,1-2H3,(H,24,27). The number of nitrogens with one attached hydrogen (secondary N) is 1. The quantitative estimate of drug-likeness (QED) is 0.704. The van der Waals surface area contributed by atoms with Crippen molar-refractivity contribution in [3.05, 3.63) is 59.9 Å². The number of carbonyl (C=O) groups is 2. The number of amides is 2. The first-order valence-corrected chi connectivity index (χ1v) is 9.61. The number of benzene rings is 2. The minimum Gasteiger partial charge on any atom is -0.497 e. The summed E-state index contributed by atoms with van der Waals surface area (Å²) >= 11 is 0. The molecule has 1 N–H and O–H groups in total. The first-order chi connectivity index (χ1) is 14.0. The molecule has 29 heavy (non-hydrogen) atoms. The molecule has 1 aliphatic rings. The van der Waals surface area contributed by atoms with Crippen molar-refractivity contribution in [2.24, 2.45) is 0 Å². The molecular formula is C22H26FN3O3. The molecule has 0 bridgehead atoms. The summed E-state index contributed by atoms with van der Waals surface area (Å²) in [5.74, 6) is -0.0905. The number of ether oxygens (including phenoxy) is 1. The Bertz CT molecular complexity index is 870. The van der Waals surface area contributed by atoms with Crippen LogP contribution in [0.4, 0.5) is 10.1 Å². The molecule has 0 spiro atoms. The lowest BCUT2D eigenvalue weighted by atomic mass is 10.2. The SMILES string of the molecule is COc1cccc(NC(=O)CN(C)C(=O)CN(Cc2ccccc2F)C2CC2)c1. The van der Waals surface area contributed by atoms with Gasteiger partial charge in [0.25, 0.3) is 0 Å². The van der Waals surface area contributed by atoms with Crippen LogP contribution in [0.3, 0.4) is 0 Å². The number of nitrogens with zero attached hydrogens (tertiary/aromatic N) is 2. The Hall–Kier alpha value is -2.93. The molecular weight excluding hydrogens is 373 g/mol. The Morgan fingerprint density at radius 1 is 1.14 bits per heavy atom. The summed E-state index contributed by atoms with van der Waals surface area (Å²) in [5.41, 5.74) is 1.18. The summed E-state index contributed by atoms with van der Waals surface area (Å²) < 4.78 is 19.1. The van der Waals surface area contributed by atoms with Crippen LogP contribution >= 0.6 is 0 Å². The molecule has 1 aliphatic carbocycles. The average Bonchev–Trinajstić information content (AvgIpc) is 3.54. The van der Waals surface area contributed by atoms with E-state index < -0.39 is 0 Å². The average molecular weight is 399 g/mol. The highest BCUT2D eigenvalue weighted by molar-refractivity contribution is 5.94. The van der Waals surface area contributed by atoms with Crippen molar-refractivity contribution >= 4 is 17.5 Å². The van der Waals surface area contributed by atoms with Crippen LogP contribution in [-0.2, 0) is 16.1 Å². The van der Waals surface area contributed by atoms with Crippen LogP contribution in [0.25, 0.3) is 0 Å². The van der Waals surface area contributed by atoms with E-state index in [1.54, 1.807) is 56.6 Å². The number of anilines is 1. The third kappa shape index (κ3) is 6.02. The summed E-state index contributed by atoms with van der Waals surface area (Å²) in [6, 6.07) is 13.9. The fourth-order valence-electron chi connectivity index (χ4n) is 3.10. The molecule has 0 saturated heterocycles. The van der Waals surface area contributed by atoms with E-state index in [-0.39, 0.29) is 36.8 Å². The predicted octanol–water partition coefficient (Wildman–Crippen LogP) is 2.90. The first kappa shape index (κ1) is 20.8. The van der Waals surface area contributed by atoms with Gasteiger partial charge >= 0.3 is 0 Å². The Balaban J connectivity index is 1.54. The molecule has 0 aliphatic heterocycles. The zero-order chi connectivity index (χ0) is 20.8. The van der Waals surface area contributed by atoms with Gasteiger partial charge in [0.15, 0.2) is 0 Å². The summed E-state index contributed by atoms with van der Waals surface area (Å²) in [6.45, 7) is 0.475. The Morgan fingerprint density at radius 2 is 1.90 bits per heavy atom. The number of hydrogen-bond acceptors (Lipinski definition) is 4. The zero-order valence-electron chi connectivity index (χ0n) is 16.7. The monoisotopic (exact) mass is 399 g/mol. The molecule has 7 heteroatoms. The molecule has 1 saturated carbocycles. The van der Waals surface area contributed by atoms with E-state index in [1.807, 2.05) is 4.90 Å². The van der Waals surface area contributed by atoms with Crippen LogP contribution in [0.15, 0.2) is 48.5 Å². The molecule has 2 aromatic carbocycles. The van der Waals surface area contributed by atoms with Crippen LogP contribution < -0.4 is 10.1 Å². The Morgan fingerprint density at radius 3 is 2.59 bits per heavy atom. The Labute approximate surface area is 170 Å². The summed E-state index contributed by atoms with van der Waals surface area (Å²) in [4.78, 5) is 28.3. The normalized spacial score (nSPS) is 13.2. The molecule has 2 amide bonds. The number of rotatable bonds is 9. The maximum absolute atomic E-state index is 14.0. The van der Waals surface area contributed by atoms with Gasteiger partial charge in [-0.2, -0.15) is 0 Å². The second-order valence-corrected chi connectivity index (χ2v) is 7.26. The van der Waals surface area contributed by atoms with Crippen LogP contribution in [-0.4, -0.2) is 54.9 Å². The summed E-state index contributed by atoms with van der Waals surface area (Å²) in [7, 11) is 3.15. The maximum atomic E-state index is 14.0. The van der Waals surface area contributed by atoms with Crippen molar-refractivity contribution in [1.82, 2.24) is 9.80 Å². The molecule has 0 radical (unpaired) electrons. The molecule has 154 valence electrons. The van der Waals surface area contributed by atoms with E-state index >= 15 is 0 Å². The zero-order valence-corrected chi connectivity index (χ0v) is 16.7. The largest absolute Gasteiger partial charge is 0.497 e. The van der Waals surface area contributed by atoms with E-state index in [4.69, 9.17) is 4.74 Å². The van der Waals surface area contributed by atoms with E-state index in [0.717, 1.165) is 12.8 Å². The minimum atomic E-state index is -0.291. The molecule has 0 aromatic heterocycles. The van der Waals surface area contributed by atoms with Gasteiger partial charge in [0.1, 0.15) is 11.6 Å². The maximum Gasteiger partial charge on any atom is 0.243 e. The molecule has 0 atom stereocenters. The van der Waals surface area contributed by atoms with Crippen molar-refractivity contribution in [2.75, 3.05) is 32.6 Å². The van der Waals surface area contributed by atoms with Gasteiger partial charge < -0.3 is 15.0 Å². The highest BCUT2D eigenvalue weighted by atomic mass is 19.1. The molecule has 0 unspecified atom stereocenters. The van der Waals surface area contributed by atoms with Crippen molar-refractivity contribution in [3.8, 4) is 5.75 Å². The fraction of sp³-hybridized carbons (Fsp3) is 0.364. The summed E-state index contributed by atoms with van der Waals surface area (Å²) in [5, 5.41) is 2.76. The molecule has 3 rings (SSSR count). The van der Waals surface area contributed by atoms with Gasteiger partial charge in [-0.25, -0.2) is 4.39 Å². The lowest BCUT2D eigenvalue weighted by Crippen LogP contribution is -2.42. The van der Waals surface area contributed by atoms with Gasteiger partial charge in [-0.1, -0.05) is 24.3 Å². The fourth-order valence-corrected chi connectivity index (χ4v) is 3.10. The lowest BCUT2D eigenvalue weighted by Gasteiger charge is -2.25. The topological polar surface area (TPSA) is 61.9 Å². The highest BCUT2D eigenvalue weighted by Gasteiger charge is 2.31. The van der Waals surface area contributed by atoms with E-state index in [9.17, 15) is 14.0 Å². The van der Waals surface area contributed by atoms with Gasteiger partial charge in [-0.15, -0.1) is 0 Å². The molecule has 6 nitrogen and oxygen atoms in total. The number of likely N-dealkylation sites (N-methyl/N-ethyl adjacent to an activating group) is 1. The number of carbonyl (C=O) groups excluding carboxylic acids is 2. The molecule has 1 fully saturated rings. The predicted molar refractivity (Wildman–Crippen MR) is 109 cm³/mol. The van der Waals surface area contributed by atoms with E-state index in [2.05, 4.69) is 5.32 Å². The molecule has 0 heterocycles. The minimum absolute atomic E-state index is 0.0613. The Kier molecular flexibility index (Phi) is 6.82. The van der Waals surface area contributed by atoms with Gasteiger partial charge in [0, 0.05) is 37.0 Å². The van der Waals surface area contributed by atoms with Gasteiger partial charge in [0.05, 0.1) is 20.2 Å². The second kappa shape index (κ2) is 9.52. The van der Waals surface area contributed by atoms with Gasteiger partial charge in [-0.3, -0.25) is 14.5 Å². The smallest absolute Gasteiger partial charge is 0.243 e. The van der Waals surface area contributed by atoms with Crippen molar-refractivity contribution < 1.29 is 18.7 Å². The number of halogens is 1. The first-order valence-electron chi connectivity index (χ1n) is 9.61. The van der Waals surface area contributed by atoms with Crippen LogP contribution in [0.2, 0.25) is 0 Å². The molecule has 2 aromatic rings. The highest BCUT2D eigenvalue weighted by Crippen LogP contribution is 2.28. The van der Waals surface area contributed by atoms with Crippen molar-refractivity contribution in [3.63, 3.8) is 0 Å².